The number of alkyl carbamates (subject to hydrolysis) is 1. The molecule has 0 saturated heterocycles. The number of allylic oxidation sites excluding steroid dienone is 2. The quantitative estimate of drug-likeness (QED) is 0.125. The van der Waals surface area contributed by atoms with Crippen LogP contribution in [0.25, 0.3) is 11.1 Å². The summed E-state index contributed by atoms with van der Waals surface area (Å²) in [6.07, 6.45) is 3.38. The molecule has 0 fully saturated rings. The van der Waals surface area contributed by atoms with E-state index in [9.17, 15) is 19.2 Å². The van der Waals surface area contributed by atoms with Crippen LogP contribution < -0.4 is 16.0 Å². The molecule has 0 spiro atoms. The lowest BCUT2D eigenvalue weighted by Gasteiger charge is -2.19. The Morgan fingerprint density at radius 1 is 0.953 bits per heavy atom. The maximum absolute atomic E-state index is 12.8. The molecular weight excluding hydrogens is 550 g/mol. The van der Waals surface area contributed by atoms with E-state index in [0.29, 0.717) is 6.42 Å². The molecule has 2 aromatic carbocycles. The summed E-state index contributed by atoms with van der Waals surface area (Å²) in [5.74, 6) is -2.18. The largest absolute Gasteiger partial charge is 0.462 e. The highest BCUT2D eigenvalue weighted by molar-refractivity contribution is 5.86. The van der Waals surface area contributed by atoms with Crippen LogP contribution in [0.2, 0.25) is 0 Å². The second-order valence-corrected chi connectivity index (χ2v) is 10.4. The molecule has 4 N–H and O–H groups in total. The van der Waals surface area contributed by atoms with Crippen molar-refractivity contribution in [1.29, 1.82) is 0 Å². The molecule has 0 aliphatic heterocycles. The highest BCUT2D eigenvalue weighted by atomic mass is 16.6. The summed E-state index contributed by atoms with van der Waals surface area (Å²) in [6.45, 7) is 8.76. The summed E-state index contributed by atoms with van der Waals surface area (Å²) >= 11 is 0. The molecular formula is C33H41N3O7. The third-order valence-corrected chi connectivity index (χ3v) is 7.16. The van der Waals surface area contributed by atoms with Crippen LogP contribution in [-0.4, -0.2) is 67.4 Å². The lowest BCUT2D eigenvalue weighted by Crippen LogP contribution is -2.43. The number of carbonyl (C=O) groups excluding carboxylic acids is 4. The van der Waals surface area contributed by atoms with Gasteiger partial charge in [0.15, 0.2) is 0 Å². The van der Waals surface area contributed by atoms with Crippen molar-refractivity contribution in [3.63, 3.8) is 0 Å². The number of fused-ring (bicyclic) bond motifs is 3. The maximum atomic E-state index is 12.8. The van der Waals surface area contributed by atoms with E-state index in [0.717, 1.165) is 22.3 Å². The first-order chi connectivity index (χ1) is 20.8. The van der Waals surface area contributed by atoms with Crippen LogP contribution in [0.15, 0.2) is 73.8 Å². The molecule has 0 radical (unpaired) electrons. The number of carbonyl (C=O) groups is 4. The second-order valence-electron chi connectivity index (χ2n) is 10.4. The lowest BCUT2D eigenvalue weighted by molar-refractivity contribution is -0.146. The Kier molecular flexibility index (Phi) is 13.0. The van der Waals surface area contributed by atoms with E-state index in [1.54, 1.807) is 19.1 Å². The number of ether oxygens (including phenoxy) is 2. The minimum absolute atomic E-state index is 0.0198. The van der Waals surface area contributed by atoms with Gasteiger partial charge in [0.05, 0.1) is 19.1 Å². The number of aliphatic hydroxyl groups is 1. The van der Waals surface area contributed by atoms with E-state index >= 15 is 0 Å². The fourth-order valence-electron chi connectivity index (χ4n) is 4.97. The average molecular weight is 592 g/mol. The summed E-state index contributed by atoms with van der Waals surface area (Å²) in [4.78, 5) is 50.3. The first kappa shape index (κ1) is 33.1. The normalized spacial score (nSPS) is 13.8. The molecule has 10 heteroatoms. The molecule has 0 unspecified atom stereocenters. The first-order valence-corrected chi connectivity index (χ1v) is 14.5. The zero-order chi connectivity index (χ0) is 31.2. The Morgan fingerprint density at radius 2 is 1.60 bits per heavy atom. The van der Waals surface area contributed by atoms with E-state index in [1.165, 1.54) is 0 Å². The summed E-state index contributed by atoms with van der Waals surface area (Å²) in [5.41, 5.74) is 4.39. The van der Waals surface area contributed by atoms with Crippen molar-refractivity contribution in [2.45, 2.75) is 50.6 Å². The van der Waals surface area contributed by atoms with Gasteiger partial charge in [0.25, 0.3) is 0 Å². The molecule has 3 amide bonds. The Hall–Kier alpha value is -4.44. The summed E-state index contributed by atoms with van der Waals surface area (Å²) in [5, 5.41) is 17.0. The van der Waals surface area contributed by atoms with E-state index in [-0.39, 0.29) is 63.4 Å². The highest BCUT2D eigenvalue weighted by Crippen LogP contribution is 2.44. The monoisotopic (exact) mass is 591 g/mol. The van der Waals surface area contributed by atoms with E-state index < -0.39 is 30.1 Å². The van der Waals surface area contributed by atoms with Crippen LogP contribution in [-0.2, 0) is 23.9 Å². The Morgan fingerprint density at radius 3 is 2.21 bits per heavy atom. The summed E-state index contributed by atoms with van der Waals surface area (Å²) < 4.78 is 10.9. The SMILES string of the molecule is C=CCC[C@H](NC(=O)OCC1c2ccccc2-c2ccccc21)C(=O)OCCNC(=O)[C@@H](CC=C)CC(=O)N[C@@H](C)CO. The number of hydrogen-bond donors (Lipinski definition) is 4. The predicted octanol–water partition coefficient (Wildman–Crippen LogP) is 3.60. The maximum Gasteiger partial charge on any atom is 0.407 e. The van der Waals surface area contributed by atoms with Crippen molar-refractivity contribution in [3.05, 3.63) is 85.0 Å². The molecule has 10 nitrogen and oxygen atoms in total. The van der Waals surface area contributed by atoms with Crippen LogP contribution >= 0.6 is 0 Å². The molecule has 3 atom stereocenters. The second kappa shape index (κ2) is 16.9. The van der Waals surface area contributed by atoms with Crippen LogP contribution in [0, 0.1) is 5.92 Å². The molecule has 0 bridgehead atoms. The van der Waals surface area contributed by atoms with Gasteiger partial charge in [-0.1, -0.05) is 60.7 Å². The molecule has 2 aromatic rings. The molecule has 1 aliphatic rings. The number of nitrogens with one attached hydrogen (secondary N) is 3. The number of rotatable bonds is 17. The number of benzene rings is 2. The van der Waals surface area contributed by atoms with Gasteiger partial charge in [-0.3, -0.25) is 9.59 Å². The molecule has 1 aliphatic carbocycles. The Balaban J connectivity index is 1.48. The first-order valence-electron chi connectivity index (χ1n) is 14.5. The van der Waals surface area contributed by atoms with E-state index in [1.807, 2.05) is 48.5 Å². The van der Waals surface area contributed by atoms with Gasteiger partial charge in [0.2, 0.25) is 11.8 Å². The van der Waals surface area contributed by atoms with Gasteiger partial charge in [-0.2, -0.15) is 0 Å². The average Bonchev–Trinajstić information content (AvgIpc) is 3.33. The van der Waals surface area contributed by atoms with Gasteiger partial charge in [-0.15, -0.1) is 13.2 Å². The van der Waals surface area contributed by atoms with Crippen molar-refractivity contribution in [2.24, 2.45) is 5.92 Å². The molecule has 230 valence electrons. The van der Waals surface area contributed by atoms with Gasteiger partial charge >= 0.3 is 12.1 Å². The predicted molar refractivity (Wildman–Crippen MR) is 163 cm³/mol. The van der Waals surface area contributed by atoms with Crippen molar-refractivity contribution < 1.29 is 33.8 Å². The van der Waals surface area contributed by atoms with Gasteiger partial charge in [0.1, 0.15) is 19.3 Å². The molecule has 0 aromatic heterocycles. The highest BCUT2D eigenvalue weighted by Gasteiger charge is 2.30. The zero-order valence-corrected chi connectivity index (χ0v) is 24.6. The van der Waals surface area contributed by atoms with Crippen LogP contribution in [0.1, 0.15) is 49.7 Å². The van der Waals surface area contributed by atoms with Gasteiger partial charge in [-0.05, 0) is 48.4 Å². The van der Waals surface area contributed by atoms with Crippen molar-refractivity contribution in [2.75, 3.05) is 26.4 Å². The van der Waals surface area contributed by atoms with E-state index in [2.05, 4.69) is 29.1 Å². The minimum Gasteiger partial charge on any atom is -0.462 e. The smallest absolute Gasteiger partial charge is 0.407 e. The lowest BCUT2D eigenvalue weighted by atomic mass is 9.98. The standard InChI is InChI=1S/C33H41N3O7/c1-4-6-16-29(32(40)42-18-17-34-31(39)23(11-5-2)19-30(38)35-22(3)20-37)36-33(41)43-21-28-26-14-9-7-12-24(26)25-13-8-10-15-27(25)28/h4-5,7-10,12-15,22-23,28-29,37H,1-2,6,11,16-21H2,3H3,(H,34,39)(H,35,38)(H,36,41)/t22-,23-,29-/m0/s1. The van der Waals surface area contributed by atoms with E-state index in [4.69, 9.17) is 14.6 Å². The minimum atomic E-state index is -0.963. The third kappa shape index (κ3) is 9.54. The molecule has 3 rings (SSSR count). The number of esters is 1. The summed E-state index contributed by atoms with van der Waals surface area (Å²) in [6, 6.07) is 14.6. The molecule has 0 saturated carbocycles. The molecule has 0 heterocycles. The van der Waals surface area contributed by atoms with Gasteiger partial charge in [0, 0.05) is 18.4 Å². The zero-order valence-electron chi connectivity index (χ0n) is 24.6. The van der Waals surface area contributed by atoms with Crippen LogP contribution in [0.5, 0.6) is 0 Å². The Labute approximate surface area is 252 Å². The van der Waals surface area contributed by atoms with Gasteiger partial charge < -0.3 is 30.5 Å². The van der Waals surface area contributed by atoms with Gasteiger partial charge in [-0.25, -0.2) is 9.59 Å². The fourth-order valence-corrected chi connectivity index (χ4v) is 4.97. The van der Waals surface area contributed by atoms with Crippen molar-refractivity contribution in [3.8, 4) is 11.1 Å². The van der Waals surface area contributed by atoms with Crippen LogP contribution in [0.4, 0.5) is 4.79 Å². The van der Waals surface area contributed by atoms with Crippen molar-refractivity contribution in [1.82, 2.24) is 16.0 Å². The summed E-state index contributed by atoms with van der Waals surface area (Å²) in [7, 11) is 0. The van der Waals surface area contributed by atoms with Crippen LogP contribution in [0.3, 0.4) is 0 Å². The van der Waals surface area contributed by atoms with Crippen molar-refractivity contribution >= 4 is 23.9 Å². The third-order valence-electron chi connectivity index (χ3n) is 7.16. The fraction of sp³-hybridized carbons (Fsp3) is 0.394. The number of amides is 3. The number of hydrogen-bond acceptors (Lipinski definition) is 7. The molecule has 43 heavy (non-hydrogen) atoms. The topological polar surface area (TPSA) is 143 Å². The Bertz CT molecular complexity index is 1250. The number of aliphatic hydroxyl groups excluding tert-OH is 1.